The van der Waals surface area contributed by atoms with Gasteiger partial charge in [0, 0.05) is 31.0 Å². The van der Waals surface area contributed by atoms with Gasteiger partial charge in [-0.25, -0.2) is 9.97 Å². The third kappa shape index (κ3) is 3.25. The van der Waals surface area contributed by atoms with Crippen molar-refractivity contribution in [2.45, 2.75) is 26.0 Å². The highest BCUT2D eigenvalue weighted by molar-refractivity contribution is 5.12. The monoisotopic (exact) mass is 250 g/mol. The molecule has 1 aromatic rings. The zero-order valence-electron chi connectivity index (χ0n) is 11.2. The molecule has 2 unspecified atom stereocenters. The van der Waals surface area contributed by atoms with Gasteiger partial charge in [0.1, 0.15) is 6.33 Å². The van der Waals surface area contributed by atoms with Crippen LogP contribution in [0.1, 0.15) is 25.5 Å². The predicted octanol–water partition coefficient (Wildman–Crippen LogP) is 0.848. The van der Waals surface area contributed by atoms with Crippen LogP contribution in [-0.2, 0) is 4.74 Å². The van der Waals surface area contributed by atoms with E-state index in [1.165, 1.54) is 0 Å². The van der Waals surface area contributed by atoms with Gasteiger partial charge in [-0.1, -0.05) is 13.8 Å². The Morgan fingerprint density at radius 1 is 1.44 bits per heavy atom. The Balaban J connectivity index is 2.09. The lowest BCUT2D eigenvalue weighted by Crippen LogP contribution is -2.48. The molecular formula is C13H22N4O. The van der Waals surface area contributed by atoms with Gasteiger partial charge >= 0.3 is 0 Å². The summed E-state index contributed by atoms with van der Waals surface area (Å²) in [7, 11) is 0. The van der Waals surface area contributed by atoms with Crippen LogP contribution in [-0.4, -0.2) is 53.8 Å². The average molecular weight is 250 g/mol. The maximum atomic E-state index is 5.92. The Morgan fingerprint density at radius 3 is 2.89 bits per heavy atom. The standard InChI is InChI=1S/C13H22N4O/c1-3-16-13(11-7-14-10-15-8-11)12-9-17(4-2)5-6-18-12/h7-8,10,12-13,16H,3-6,9H2,1-2H3. The molecule has 2 atom stereocenters. The van der Waals surface area contributed by atoms with Crippen LogP contribution in [0.25, 0.3) is 0 Å². The number of nitrogens with one attached hydrogen (secondary N) is 1. The lowest BCUT2D eigenvalue weighted by atomic mass is 10.0. The molecule has 0 spiro atoms. The van der Waals surface area contributed by atoms with Crippen molar-refractivity contribution in [3.63, 3.8) is 0 Å². The number of aromatic nitrogens is 2. The highest BCUT2D eigenvalue weighted by atomic mass is 16.5. The van der Waals surface area contributed by atoms with E-state index >= 15 is 0 Å². The summed E-state index contributed by atoms with van der Waals surface area (Å²) in [6.45, 7) is 9.07. The fourth-order valence-electron chi connectivity index (χ4n) is 2.38. The van der Waals surface area contributed by atoms with Crippen molar-refractivity contribution in [3.05, 3.63) is 24.3 Å². The van der Waals surface area contributed by atoms with Crippen molar-refractivity contribution < 1.29 is 4.74 Å². The van der Waals surface area contributed by atoms with Gasteiger partial charge in [0.25, 0.3) is 0 Å². The van der Waals surface area contributed by atoms with E-state index in [1.807, 2.05) is 12.4 Å². The molecule has 1 aromatic heterocycles. The molecule has 5 nitrogen and oxygen atoms in total. The molecule has 1 aliphatic heterocycles. The maximum absolute atomic E-state index is 5.92. The third-order valence-electron chi connectivity index (χ3n) is 3.36. The van der Waals surface area contributed by atoms with Crippen LogP contribution in [0, 0.1) is 0 Å². The molecule has 0 aromatic carbocycles. The number of hydrogen-bond acceptors (Lipinski definition) is 5. The Morgan fingerprint density at radius 2 is 2.22 bits per heavy atom. The first-order valence-electron chi connectivity index (χ1n) is 6.67. The number of rotatable bonds is 5. The minimum Gasteiger partial charge on any atom is -0.374 e. The van der Waals surface area contributed by atoms with Crippen molar-refractivity contribution in [1.29, 1.82) is 0 Å². The van der Waals surface area contributed by atoms with Gasteiger partial charge in [-0.3, -0.25) is 4.90 Å². The Hall–Kier alpha value is -1.04. The van der Waals surface area contributed by atoms with E-state index in [1.54, 1.807) is 6.33 Å². The second kappa shape index (κ2) is 6.78. The number of hydrogen-bond donors (Lipinski definition) is 1. The molecule has 1 aliphatic rings. The molecule has 0 amide bonds. The van der Waals surface area contributed by atoms with Gasteiger partial charge in [-0.2, -0.15) is 0 Å². The molecule has 1 N–H and O–H groups in total. The summed E-state index contributed by atoms with van der Waals surface area (Å²) in [5, 5.41) is 3.48. The molecule has 2 heterocycles. The van der Waals surface area contributed by atoms with Crippen LogP contribution in [0.5, 0.6) is 0 Å². The third-order valence-corrected chi connectivity index (χ3v) is 3.36. The van der Waals surface area contributed by atoms with Gasteiger partial charge in [0.05, 0.1) is 18.8 Å². The summed E-state index contributed by atoms with van der Waals surface area (Å²) < 4.78 is 5.92. The number of morpholine rings is 1. The lowest BCUT2D eigenvalue weighted by Gasteiger charge is -2.36. The Kier molecular flexibility index (Phi) is 5.04. The fraction of sp³-hybridized carbons (Fsp3) is 0.692. The van der Waals surface area contributed by atoms with Gasteiger partial charge in [-0.15, -0.1) is 0 Å². The van der Waals surface area contributed by atoms with Gasteiger partial charge in [0.2, 0.25) is 0 Å². The first-order chi connectivity index (χ1) is 8.85. The van der Waals surface area contributed by atoms with Gasteiger partial charge in [0.15, 0.2) is 0 Å². The zero-order chi connectivity index (χ0) is 12.8. The van der Waals surface area contributed by atoms with E-state index in [4.69, 9.17) is 4.74 Å². The van der Waals surface area contributed by atoms with Crippen LogP contribution in [0.15, 0.2) is 18.7 Å². The van der Waals surface area contributed by atoms with E-state index in [2.05, 4.69) is 34.0 Å². The average Bonchev–Trinajstić information content (AvgIpc) is 2.46. The molecule has 0 radical (unpaired) electrons. The quantitative estimate of drug-likeness (QED) is 0.839. The van der Waals surface area contributed by atoms with Crippen LogP contribution in [0.2, 0.25) is 0 Å². The minimum absolute atomic E-state index is 0.171. The molecule has 0 bridgehead atoms. The zero-order valence-corrected chi connectivity index (χ0v) is 11.2. The number of nitrogens with zero attached hydrogens (tertiary/aromatic N) is 3. The number of likely N-dealkylation sites (N-methyl/N-ethyl adjacent to an activating group) is 2. The Labute approximate surface area is 109 Å². The molecule has 1 fully saturated rings. The minimum atomic E-state index is 0.171. The Bertz CT molecular complexity index is 346. The second-order valence-electron chi connectivity index (χ2n) is 4.51. The van der Waals surface area contributed by atoms with E-state index < -0.39 is 0 Å². The normalized spacial score (nSPS) is 22.9. The summed E-state index contributed by atoms with van der Waals surface area (Å²) in [4.78, 5) is 10.6. The van der Waals surface area contributed by atoms with Crippen molar-refractivity contribution in [2.24, 2.45) is 0 Å². The first-order valence-corrected chi connectivity index (χ1v) is 6.67. The van der Waals surface area contributed by atoms with E-state index in [9.17, 15) is 0 Å². The highest BCUT2D eigenvalue weighted by Crippen LogP contribution is 2.21. The summed E-state index contributed by atoms with van der Waals surface area (Å²) >= 11 is 0. The first kappa shape index (κ1) is 13.4. The maximum Gasteiger partial charge on any atom is 0.115 e. The van der Waals surface area contributed by atoms with Crippen molar-refractivity contribution in [1.82, 2.24) is 20.2 Å². The summed E-state index contributed by atoms with van der Waals surface area (Å²) in [6, 6.07) is 0.172. The SMILES string of the molecule is CCNC(c1cncnc1)C1CN(CC)CCO1. The second-order valence-corrected chi connectivity index (χ2v) is 4.51. The topological polar surface area (TPSA) is 50.3 Å². The van der Waals surface area contributed by atoms with Gasteiger partial charge in [-0.05, 0) is 13.1 Å². The molecule has 100 valence electrons. The van der Waals surface area contributed by atoms with Crippen LogP contribution in [0.3, 0.4) is 0 Å². The molecule has 5 heteroatoms. The van der Waals surface area contributed by atoms with Crippen LogP contribution < -0.4 is 5.32 Å². The predicted molar refractivity (Wildman–Crippen MR) is 70.3 cm³/mol. The van der Waals surface area contributed by atoms with Gasteiger partial charge < -0.3 is 10.1 Å². The number of ether oxygens (including phenoxy) is 1. The molecule has 1 saturated heterocycles. The van der Waals surface area contributed by atoms with Crippen molar-refractivity contribution >= 4 is 0 Å². The van der Waals surface area contributed by atoms with Crippen LogP contribution in [0.4, 0.5) is 0 Å². The molecular weight excluding hydrogens is 228 g/mol. The largest absolute Gasteiger partial charge is 0.374 e. The lowest BCUT2D eigenvalue weighted by molar-refractivity contribution is -0.0454. The van der Waals surface area contributed by atoms with E-state index in [0.29, 0.717) is 0 Å². The van der Waals surface area contributed by atoms with E-state index in [-0.39, 0.29) is 12.1 Å². The fourth-order valence-corrected chi connectivity index (χ4v) is 2.38. The van der Waals surface area contributed by atoms with E-state index in [0.717, 1.165) is 38.3 Å². The molecule has 2 rings (SSSR count). The summed E-state index contributed by atoms with van der Waals surface area (Å²) in [5.41, 5.74) is 1.10. The molecule has 18 heavy (non-hydrogen) atoms. The summed E-state index contributed by atoms with van der Waals surface area (Å²) in [5.74, 6) is 0. The molecule has 0 aliphatic carbocycles. The van der Waals surface area contributed by atoms with Crippen LogP contribution >= 0.6 is 0 Å². The summed E-state index contributed by atoms with van der Waals surface area (Å²) in [6.07, 6.45) is 5.47. The smallest absolute Gasteiger partial charge is 0.115 e. The molecule has 0 saturated carbocycles. The van der Waals surface area contributed by atoms with Crippen molar-refractivity contribution in [3.8, 4) is 0 Å². The van der Waals surface area contributed by atoms with Crippen molar-refractivity contribution in [2.75, 3.05) is 32.8 Å². The highest BCUT2D eigenvalue weighted by Gasteiger charge is 2.28.